The zero-order valence-electron chi connectivity index (χ0n) is 37.7. The summed E-state index contributed by atoms with van der Waals surface area (Å²) in [5.41, 5.74) is 8.97. The molecule has 0 amide bonds. The van der Waals surface area contributed by atoms with Crippen molar-refractivity contribution >= 4 is 0 Å². The van der Waals surface area contributed by atoms with E-state index in [0.29, 0.717) is 0 Å². The van der Waals surface area contributed by atoms with Crippen LogP contribution in [-0.4, -0.2) is 70.2 Å². The summed E-state index contributed by atoms with van der Waals surface area (Å²) < 4.78 is 0. The van der Waals surface area contributed by atoms with E-state index < -0.39 is 0 Å². The lowest BCUT2D eigenvalue weighted by Gasteiger charge is -1.82. The van der Waals surface area contributed by atoms with Crippen LogP contribution < -0.4 is 0 Å². The summed E-state index contributed by atoms with van der Waals surface area (Å²) in [5, 5.41) is 14.6. The van der Waals surface area contributed by atoms with Crippen molar-refractivity contribution in [3.8, 4) is 0 Å². The van der Waals surface area contributed by atoms with Gasteiger partial charge in [-0.3, -0.25) is 29.9 Å². The highest BCUT2D eigenvalue weighted by atomic mass is 15.1. The average Bonchev–Trinajstić information content (AvgIpc) is 3.31. The molecule has 0 spiro atoms. The van der Waals surface area contributed by atoms with E-state index in [4.69, 9.17) is 0 Å². The van der Waals surface area contributed by atoms with Gasteiger partial charge in [0.2, 0.25) is 0 Å². The van der Waals surface area contributed by atoms with E-state index >= 15 is 0 Å². The molecule has 14 heteroatoms. The molecule has 9 aromatic heterocycles. The third-order valence-corrected chi connectivity index (χ3v) is 6.83. The van der Waals surface area contributed by atoms with Crippen LogP contribution in [-0.2, 0) is 0 Å². The first-order chi connectivity index (χ1) is 30.5. The second kappa shape index (κ2) is 37.0. The maximum absolute atomic E-state index is 3.98. The van der Waals surface area contributed by atoms with E-state index in [-0.39, 0.29) is 0 Å². The summed E-state index contributed by atoms with van der Waals surface area (Å²) in [6, 6.07) is 25.2. The molecule has 324 valence electrons. The molecule has 0 N–H and O–H groups in total. The Labute approximate surface area is 372 Å². The van der Waals surface area contributed by atoms with Crippen LogP contribution in [0.4, 0.5) is 0 Å². The molecule has 0 aliphatic rings. The van der Waals surface area contributed by atoms with Crippen molar-refractivity contribution in [3.63, 3.8) is 0 Å². The predicted octanol–water partition coefficient (Wildman–Crippen LogP) is 9.49. The van der Waals surface area contributed by atoms with E-state index in [1.807, 2.05) is 141 Å². The Morgan fingerprint density at radius 2 is 0.810 bits per heavy atom. The summed E-state index contributed by atoms with van der Waals surface area (Å²) in [7, 11) is 0. The van der Waals surface area contributed by atoms with E-state index in [2.05, 4.69) is 70.2 Å². The molecular formula is C49H58N14. The molecule has 9 heterocycles. The molecule has 0 fully saturated rings. The van der Waals surface area contributed by atoms with Crippen molar-refractivity contribution in [2.45, 2.75) is 62.3 Å². The van der Waals surface area contributed by atoms with Crippen molar-refractivity contribution in [1.82, 2.24) is 70.2 Å². The standard InChI is InChI=1S/4C6H7N.5C5H6N2/c2*1-6-2-4-7-5-3-6;1-6-3-2-4-7-5-6;1-6-4-2-3-5-7-6;1-5-2-6-4-7-3-5;1-5-4-6-2-3-7-5;1-5-2-3-6-7-4-5;1-5-6-3-2-4-7-5;1-5-3-2-4-6-7-5/h4*2-5H,1H3;5*2-4H,1H3. The molecule has 0 unspecified atom stereocenters. The molecular weight excluding hydrogens is 785 g/mol. The summed E-state index contributed by atoms with van der Waals surface area (Å²) in [6.45, 7) is 17.7. The van der Waals surface area contributed by atoms with E-state index in [1.165, 1.54) is 23.0 Å². The van der Waals surface area contributed by atoms with Gasteiger partial charge in [-0.1, -0.05) is 12.1 Å². The summed E-state index contributed by atoms with van der Waals surface area (Å²) >= 11 is 0. The van der Waals surface area contributed by atoms with Crippen LogP contribution >= 0.6 is 0 Å². The molecule has 0 radical (unpaired) electrons. The summed E-state index contributed by atoms with van der Waals surface area (Å²) in [5.74, 6) is 0.822. The van der Waals surface area contributed by atoms with Crippen LogP contribution in [0.15, 0.2) is 191 Å². The minimum Gasteiger partial charge on any atom is -0.265 e. The Morgan fingerprint density at radius 3 is 1.06 bits per heavy atom. The fourth-order valence-corrected chi connectivity index (χ4v) is 3.61. The number of hydrogen-bond donors (Lipinski definition) is 0. The minimum absolute atomic E-state index is 0.822. The molecule has 0 saturated heterocycles. The first-order valence-corrected chi connectivity index (χ1v) is 19.7. The first-order valence-electron chi connectivity index (χ1n) is 19.7. The van der Waals surface area contributed by atoms with Crippen LogP contribution in [0, 0.1) is 62.3 Å². The van der Waals surface area contributed by atoms with Gasteiger partial charge in [0.1, 0.15) is 12.2 Å². The van der Waals surface area contributed by atoms with Gasteiger partial charge in [-0.25, -0.2) is 19.9 Å². The van der Waals surface area contributed by atoms with Gasteiger partial charge in [-0.15, -0.1) is 0 Å². The lowest BCUT2D eigenvalue weighted by atomic mass is 10.3. The van der Waals surface area contributed by atoms with Crippen molar-refractivity contribution in [1.29, 1.82) is 0 Å². The quantitative estimate of drug-likeness (QED) is 0.141. The monoisotopic (exact) mass is 842 g/mol. The molecule has 0 aromatic carbocycles. The lowest BCUT2D eigenvalue weighted by molar-refractivity contribution is 0.980. The highest BCUT2D eigenvalue weighted by Gasteiger charge is 1.79. The number of nitrogens with zero attached hydrogens (tertiary/aromatic N) is 14. The van der Waals surface area contributed by atoms with Crippen LogP contribution in [0.2, 0.25) is 0 Å². The SMILES string of the molecule is Cc1ccccn1.Cc1cccnc1.Cc1cccnn1.Cc1ccncc1.Cc1ccncc1.Cc1ccnnc1.Cc1cnccn1.Cc1cncnc1.Cc1ncccn1. The van der Waals surface area contributed by atoms with E-state index in [9.17, 15) is 0 Å². The van der Waals surface area contributed by atoms with Crippen molar-refractivity contribution in [2.24, 2.45) is 0 Å². The highest BCUT2D eigenvalue weighted by Crippen LogP contribution is 1.91. The Balaban J connectivity index is 0.000000354. The van der Waals surface area contributed by atoms with Gasteiger partial charge < -0.3 is 0 Å². The number of aromatic nitrogens is 14. The molecule has 0 aliphatic heterocycles. The topological polar surface area (TPSA) is 180 Å². The number of hydrogen-bond acceptors (Lipinski definition) is 14. The zero-order chi connectivity index (χ0) is 46.0. The number of rotatable bonds is 0. The third-order valence-electron chi connectivity index (χ3n) is 6.83. The van der Waals surface area contributed by atoms with Crippen LogP contribution in [0.25, 0.3) is 0 Å². The highest BCUT2D eigenvalue weighted by molar-refractivity contribution is 5.07. The fourth-order valence-electron chi connectivity index (χ4n) is 3.61. The van der Waals surface area contributed by atoms with E-state index in [0.717, 1.165) is 34.0 Å². The second-order valence-corrected chi connectivity index (χ2v) is 12.9. The van der Waals surface area contributed by atoms with Gasteiger partial charge in [-0.05, 0) is 157 Å². The van der Waals surface area contributed by atoms with Crippen LogP contribution in [0.3, 0.4) is 0 Å². The maximum atomic E-state index is 3.98. The Morgan fingerprint density at radius 1 is 0.270 bits per heavy atom. The predicted molar refractivity (Wildman–Crippen MR) is 250 cm³/mol. The van der Waals surface area contributed by atoms with Gasteiger partial charge in [0.05, 0.1) is 17.6 Å². The van der Waals surface area contributed by atoms with Gasteiger partial charge in [0.15, 0.2) is 0 Å². The van der Waals surface area contributed by atoms with Gasteiger partial charge in [0.25, 0.3) is 0 Å². The van der Waals surface area contributed by atoms with Crippen LogP contribution in [0.1, 0.15) is 50.7 Å². The van der Waals surface area contributed by atoms with Crippen molar-refractivity contribution < 1.29 is 0 Å². The zero-order valence-corrected chi connectivity index (χ0v) is 37.7. The van der Waals surface area contributed by atoms with E-state index in [1.54, 1.807) is 105 Å². The largest absolute Gasteiger partial charge is 0.265 e. The third kappa shape index (κ3) is 35.6. The molecule has 0 bridgehead atoms. The summed E-state index contributed by atoms with van der Waals surface area (Å²) in [6.07, 6.45) is 31.2. The molecule has 0 aliphatic carbocycles. The van der Waals surface area contributed by atoms with Gasteiger partial charge in [0, 0.05) is 105 Å². The maximum Gasteiger partial charge on any atom is 0.125 e. The van der Waals surface area contributed by atoms with Gasteiger partial charge >= 0.3 is 0 Å². The molecule has 0 atom stereocenters. The summed E-state index contributed by atoms with van der Waals surface area (Å²) in [4.78, 5) is 38.6. The first kappa shape index (κ1) is 53.0. The Kier molecular flexibility index (Phi) is 31.2. The Bertz CT molecular complexity index is 1750. The van der Waals surface area contributed by atoms with Crippen LogP contribution in [0.5, 0.6) is 0 Å². The molecule has 14 nitrogen and oxygen atoms in total. The fraction of sp³-hybridized carbons (Fsp3) is 0.184. The number of pyridine rings is 4. The molecule has 63 heavy (non-hydrogen) atoms. The molecule has 0 saturated carbocycles. The lowest BCUT2D eigenvalue weighted by Crippen LogP contribution is -1.80. The second-order valence-electron chi connectivity index (χ2n) is 12.9. The molecule has 9 aromatic rings. The van der Waals surface area contributed by atoms with Gasteiger partial charge in [-0.2, -0.15) is 20.4 Å². The average molecular weight is 843 g/mol. The molecule has 9 rings (SSSR count). The smallest absolute Gasteiger partial charge is 0.125 e. The minimum atomic E-state index is 0.822. The van der Waals surface area contributed by atoms with Crippen molar-refractivity contribution in [2.75, 3.05) is 0 Å². The Hall–Kier alpha value is -8.00. The van der Waals surface area contributed by atoms with Crippen molar-refractivity contribution in [3.05, 3.63) is 241 Å². The number of aryl methyl sites for hydroxylation is 9. The normalized spacial score (nSPS) is 8.71.